The molecule has 0 aliphatic heterocycles. The number of aromatic nitrogens is 1. The molecule has 0 unspecified atom stereocenters. The predicted octanol–water partition coefficient (Wildman–Crippen LogP) is 3.06. The van der Waals surface area contributed by atoms with E-state index >= 15 is 0 Å². The van der Waals surface area contributed by atoms with Crippen molar-refractivity contribution in [2.45, 2.75) is 0 Å². The summed E-state index contributed by atoms with van der Waals surface area (Å²) in [4.78, 5) is 5.79. The van der Waals surface area contributed by atoms with Gasteiger partial charge in [0, 0.05) is 13.1 Å². The molecule has 1 heterocycles. The molecule has 0 atom stereocenters. The molecule has 0 aliphatic rings. The average Bonchev–Trinajstić information content (AvgIpc) is 2.80. The van der Waals surface area contributed by atoms with E-state index in [9.17, 15) is 8.78 Å². The van der Waals surface area contributed by atoms with Gasteiger partial charge < -0.3 is 4.90 Å². The quantitative estimate of drug-likeness (QED) is 0.823. The van der Waals surface area contributed by atoms with Gasteiger partial charge in [-0.3, -0.25) is 0 Å². The van der Waals surface area contributed by atoms with Crippen LogP contribution in [0.15, 0.2) is 24.4 Å². The van der Waals surface area contributed by atoms with E-state index in [-0.39, 0.29) is 5.69 Å². The molecule has 0 bridgehead atoms. The summed E-state index contributed by atoms with van der Waals surface area (Å²) in [6, 6.07) is 5.13. The van der Waals surface area contributed by atoms with E-state index in [4.69, 9.17) is 5.26 Å². The highest BCUT2D eigenvalue weighted by molar-refractivity contribution is 7.16. The number of nitriles is 1. The van der Waals surface area contributed by atoms with E-state index in [2.05, 4.69) is 4.98 Å². The first-order valence-electron chi connectivity index (χ1n) is 4.66. The first-order chi connectivity index (χ1) is 8.11. The van der Waals surface area contributed by atoms with Crippen LogP contribution >= 0.6 is 11.3 Å². The number of hydrogen-bond acceptors (Lipinski definition) is 4. The Bertz CT molecular complexity index is 589. The molecule has 17 heavy (non-hydrogen) atoms. The van der Waals surface area contributed by atoms with E-state index in [0.29, 0.717) is 10.0 Å². The highest BCUT2D eigenvalue weighted by atomic mass is 32.1. The van der Waals surface area contributed by atoms with Gasteiger partial charge in [-0.25, -0.2) is 13.8 Å². The first-order valence-corrected chi connectivity index (χ1v) is 5.48. The van der Waals surface area contributed by atoms with Crippen LogP contribution < -0.4 is 4.90 Å². The highest BCUT2D eigenvalue weighted by Gasteiger charge is 2.13. The first kappa shape index (κ1) is 11.5. The van der Waals surface area contributed by atoms with Crippen molar-refractivity contribution in [1.82, 2.24) is 4.98 Å². The summed E-state index contributed by atoms with van der Waals surface area (Å²) < 4.78 is 26.5. The van der Waals surface area contributed by atoms with Crippen LogP contribution in [0.3, 0.4) is 0 Å². The fraction of sp³-hybridized carbons (Fsp3) is 0.0909. The molecule has 1 aromatic carbocycles. The summed E-state index contributed by atoms with van der Waals surface area (Å²) in [6.07, 6.45) is 1.40. The molecule has 0 aliphatic carbocycles. The van der Waals surface area contributed by atoms with Crippen molar-refractivity contribution in [3.8, 4) is 6.07 Å². The van der Waals surface area contributed by atoms with Gasteiger partial charge >= 0.3 is 0 Å². The van der Waals surface area contributed by atoms with Crippen molar-refractivity contribution in [2.75, 3.05) is 11.9 Å². The van der Waals surface area contributed by atoms with E-state index in [1.807, 2.05) is 6.07 Å². The third-order valence-electron chi connectivity index (χ3n) is 2.16. The molecule has 2 rings (SSSR count). The summed E-state index contributed by atoms with van der Waals surface area (Å²) in [7, 11) is 1.57. The van der Waals surface area contributed by atoms with Gasteiger partial charge in [-0.05, 0) is 12.1 Å². The van der Waals surface area contributed by atoms with Crippen molar-refractivity contribution in [3.63, 3.8) is 0 Å². The number of anilines is 2. The summed E-state index contributed by atoms with van der Waals surface area (Å²) in [6.45, 7) is 0. The van der Waals surface area contributed by atoms with Gasteiger partial charge in [0.1, 0.15) is 22.6 Å². The van der Waals surface area contributed by atoms with E-state index in [1.54, 1.807) is 7.05 Å². The maximum Gasteiger partial charge on any atom is 0.190 e. The summed E-state index contributed by atoms with van der Waals surface area (Å²) in [5, 5.41) is 9.11. The van der Waals surface area contributed by atoms with Gasteiger partial charge in [0.2, 0.25) is 0 Å². The molecule has 0 amide bonds. The monoisotopic (exact) mass is 251 g/mol. The number of nitrogens with zero attached hydrogens (tertiary/aromatic N) is 3. The molecule has 6 heteroatoms. The summed E-state index contributed by atoms with van der Waals surface area (Å²) >= 11 is 1.11. The topological polar surface area (TPSA) is 39.9 Å². The molecule has 2 aromatic rings. The average molecular weight is 251 g/mol. The SMILES string of the molecule is CN(c1ncc(C#N)s1)c1cc(F)ccc1F. The molecule has 0 saturated carbocycles. The van der Waals surface area contributed by atoms with Crippen molar-refractivity contribution >= 4 is 22.2 Å². The Morgan fingerprint density at radius 2 is 2.18 bits per heavy atom. The van der Waals surface area contributed by atoms with Crippen LogP contribution in [-0.2, 0) is 0 Å². The van der Waals surface area contributed by atoms with Gasteiger partial charge in [-0.2, -0.15) is 5.26 Å². The van der Waals surface area contributed by atoms with Crippen molar-refractivity contribution in [1.29, 1.82) is 5.26 Å². The smallest absolute Gasteiger partial charge is 0.190 e. The zero-order chi connectivity index (χ0) is 12.4. The maximum atomic E-state index is 13.5. The second kappa shape index (κ2) is 4.47. The molecule has 0 fully saturated rings. The maximum absolute atomic E-state index is 13.5. The van der Waals surface area contributed by atoms with Crippen LogP contribution in [-0.4, -0.2) is 12.0 Å². The minimum atomic E-state index is -0.539. The van der Waals surface area contributed by atoms with E-state index in [1.165, 1.54) is 11.1 Å². The molecular formula is C11H7F2N3S. The van der Waals surface area contributed by atoms with Crippen molar-refractivity contribution in [2.24, 2.45) is 0 Å². The van der Waals surface area contributed by atoms with Crippen LogP contribution in [0.25, 0.3) is 0 Å². The number of hydrogen-bond donors (Lipinski definition) is 0. The van der Waals surface area contributed by atoms with Gasteiger partial charge in [0.25, 0.3) is 0 Å². The largest absolute Gasteiger partial charge is 0.318 e. The fourth-order valence-electron chi connectivity index (χ4n) is 1.32. The molecule has 0 spiro atoms. The van der Waals surface area contributed by atoms with Crippen molar-refractivity contribution in [3.05, 3.63) is 40.9 Å². The second-order valence-electron chi connectivity index (χ2n) is 3.27. The Balaban J connectivity index is 2.40. The minimum absolute atomic E-state index is 0.0869. The molecule has 86 valence electrons. The molecule has 0 radical (unpaired) electrons. The molecular weight excluding hydrogens is 244 g/mol. The van der Waals surface area contributed by atoms with Crippen LogP contribution in [0.5, 0.6) is 0 Å². The van der Waals surface area contributed by atoms with E-state index < -0.39 is 11.6 Å². The normalized spacial score (nSPS) is 10.0. The van der Waals surface area contributed by atoms with Gasteiger partial charge in [0.15, 0.2) is 5.13 Å². The number of halogens is 2. The molecule has 0 saturated heterocycles. The van der Waals surface area contributed by atoms with Gasteiger partial charge in [-0.1, -0.05) is 11.3 Å². The Morgan fingerprint density at radius 3 is 2.82 bits per heavy atom. The van der Waals surface area contributed by atoms with Crippen molar-refractivity contribution < 1.29 is 8.78 Å². The third kappa shape index (κ3) is 2.24. The van der Waals surface area contributed by atoms with Crippen LogP contribution in [0.1, 0.15) is 4.88 Å². The standard InChI is InChI=1S/C11H7F2N3S/c1-16(11-15-6-8(5-14)17-11)10-4-7(12)2-3-9(10)13/h2-4,6H,1H3. The number of benzene rings is 1. The number of thiazole rings is 1. The van der Waals surface area contributed by atoms with Crippen LogP contribution in [0, 0.1) is 23.0 Å². The lowest BCUT2D eigenvalue weighted by molar-refractivity contribution is 0.600. The predicted molar refractivity (Wildman–Crippen MR) is 61.3 cm³/mol. The zero-order valence-electron chi connectivity index (χ0n) is 8.82. The van der Waals surface area contributed by atoms with Crippen LogP contribution in [0.2, 0.25) is 0 Å². The lowest BCUT2D eigenvalue weighted by Crippen LogP contribution is -2.11. The number of rotatable bonds is 2. The Morgan fingerprint density at radius 1 is 1.41 bits per heavy atom. The Hall–Kier alpha value is -2.00. The van der Waals surface area contributed by atoms with Gasteiger partial charge in [-0.15, -0.1) is 0 Å². The van der Waals surface area contributed by atoms with Crippen LogP contribution in [0.4, 0.5) is 19.6 Å². The summed E-state index contributed by atoms with van der Waals surface area (Å²) in [5.41, 5.74) is 0.0869. The van der Waals surface area contributed by atoms with E-state index in [0.717, 1.165) is 29.5 Å². The molecule has 0 N–H and O–H groups in total. The third-order valence-corrected chi connectivity index (χ3v) is 3.14. The zero-order valence-corrected chi connectivity index (χ0v) is 9.63. The Labute approximate surface area is 101 Å². The molecule has 1 aromatic heterocycles. The lowest BCUT2D eigenvalue weighted by atomic mass is 10.3. The summed E-state index contributed by atoms with van der Waals surface area (Å²) in [5.74, 6) is -1.06. The highest BCUT2D eigenvalue weighted by Crippen LogP contribution is 2.29. The Kier molecular flexibility index (Phi) is 3.02. The van der Waals surface area contributed by atoms with Gasteiger partial charge in [0.05, 0.1) is 11.9 Å². The molecule has 3 nitrogen and oxygen atoms in total. The fourth-order valence-corrected chi connectivity index (χ4v) is 2.01. The minimum Gasteiger partial charge on any atom is -0.318 e. The lowest BCUT2D eigenvalue weighted by Gasteiger charge is -2.16. The second-order valence-corrected chi connectivity index (χ2v) is 4.28.